The summed E-state index contributed by atoms with van der Waals surface area (Å²) in [6, 6.07) is 2.39. The Bertz CT molecular complexity index is 389. The molecule has 2 nitrogen and oxygen atoms in total. The van der Waals surface area contributed by atoms with Gasteiger partial charge in [0.2, 0.25) is 5.91 Å². The average Bonchev–Trinajstić information content (AvgIpc) is 2.66. The number of hydrogen-bond donors (Lipinski definition) is 0. The molecule has 0 aliphatic carbocycles. The highest BCUT2D eigenvalue weighted by Gasteiger charge is 2.36. The van der Waals surface area contributed by atoms with Crippen molar-refractivity contribution in [3.05, 3.63) is 21.9 Å². The molecule has 0 saturated heterocycles. The van der Waals surface area contributed by atoms with Crippen LogP contribution in [0.4, 0.5) is 0 Å². The van der Waals surface area contributed by atoms with Gasteiger partial charge in [-0.1, -0.05) is 20.8 Å². The zero-order chi connectivity index (χ0) is 11.2. The Labute approximate surface area is 94.9 Å². The summed E-state index contributed by atoms with van der Waals surface area (Å²) in [6.07, 6.45) is 0. The molecule has 1 aromatic heterocycles. The molecule has 1 aliphatic rings. The molecule has 15 heavy (non-hydrogen) atoms. The Morgan fingerprint density at radius 3 is 2.73 bits per heavy atom. The number of carbonyl (C=O) groups excluding carboxylic acids is 1. The van der Waals surface area contributed by atoms with Gasteiger partial charge >= 0.3 is 0 Å². The third kappa shape index (κ3) is 1.69. The summed E-state index contributed by atoms with van der Waals surface area (Å²) in [5, 5.41) is 2.11. The summed E-state index contributed by atoms with van der Waals surface area (Å²) < 4.78 is 0. The first-order valence-electron chi connectivity index (χ1n) is 5.28. The minimum atomic E-state index is -0.275. The molecule has 0 N–H and O–H groups in total. The van der Waals surface area contributed by atoms with Crippen molar-refractivity contribution >= 4 is 17.2 Å². The summed E-state index contributed by atoms with van der Waals surface area (Å²) >= 11 is 1.75. The molecule has 1 amide bonds. The monoisotopic (exact) mass is 223 g/mol. The molecule has 1 atom stereocenters. The van der Waals surface area contributed by atoms with Gasteiger partial charge in [-0.3, -0.25) is 4.79 Å². The van der Waals surface area contributed by atoms with Crippen molar-refractivity contribution in [2.24, 2.45) is 5.41 Å². The van der Waals surface area contributed by atoms with Gasteiger partial charge in [-0.15, -0.1) is 11.3 Å². The number of fused-ring (bicyclic) bond motifs is 1. The van der Waals surface area contributed by atoms with Gasteiger partial charge in [0.05, 0.1) is 12.6 Å². The summed E-state index contributed by atoms with van der Waals surface area (Å²) in [5.74, 6) is 0.249. The Morgan fingerprint density at radius 2 is 2.20 bits per heavy atom. The maximum Gasteiger partial charge on any atom is 0.228 e. The predicted molar refractivity (Wildman–Crippen MR) is 62.7 cm³/mol. The van der Waals surface area contributed by atoms with Crippen LogP contribution in [0.15, 0.2) is 11.4 Å². The number of hydrogen-bond acceptors (Lipinski definition) is 2. The van der Waals surface area contributed by atoms with Gasteiger partial charge in [-0.25, -0.2) is 0 Å². The highest BCUT2D eigenvalue weighted by atomic mass is 32.1. The minimum Gasteiger partial charge on any atom is -0.330 e. The number of amides is 1. The van der Waals surface area contributed by atoms with Gasteiger partial charge < -0.3 is 4.90 Å². The number of rotatable bonds is 0. The molecule has 0 fully saturated rings. The molecule has 0 bridgehead atoms. The fraction of sp³-hybridized carbons (Fsp3) is 0.583. The smallest absolute Gasteiger partial charge is 0.228 e. The van der Waals surface area contributed by atoms with E-state index in [1.807, 2.05) is 25.7 Å². The third-order valence-electron chi connectivity index (χ3n) is 2.91. The van der Waals surface area contributed by atoms with Crippen LogP contribution in [0.1, 0.15) is 44.2 Å². The summed E-state index contributed by atoms with van der Waals surface area (Å²) in [5.41, 5.74) is 1.06. The van der Waals surface area contributed by atoms with Gasteiger partial charge in [0, 0.05) is 10.3 Å². The summed E-state index contributed by atoms with van der Waals surface area (Å²) in [7, 11) is 0. The highest BCUT2D eigenvalue weighted by Crippen LogP contribution is 2.38. The van der Waals surface area contributed by atoms with Crippen LogP contribution in [0, 0.1) is 5.41 Å². The van der Waals surface area contributed by atoms with E-state index in [2.05, 4.69) is 18.4 Å². The molecule has 1 unspecified atom stereocenters. The molecule has 0 aromatic carbocycles. The van der Waals surface area contributed by atoms with Crippen molar-refractivity contribution in [2.75, 3.05) is 0 Å². The van der Waals surface area contributed by atoms with Crippen molar-refractivity contribution in [1.29, 1.82) is 0 Å². The van der Waals surface area contributed by atoms with Crippen LogP contribution in [-0.4, -0.2) is 10.8 Å². The number of nitrogens with zero attached hydrogens (tertiary/aromatic N) is 1. The van der Waals surface area contributed by atoms with E-state index >= 15 is 0 Å². The average molecular weight is 223 g/mol. The van der Waals surface area contributed by atoms with Crippen LogP contribution in [0.3, 0.4) is 0 Å². The second kappa shape index (κ2) is 3.34. The van der Waals surface area contributed by atoms with E-state index in [0.717, 1.165) is 6.54 Å². The molecule has 0 spiro atoms. The Kier molecular flexibility index (Phi) is 2.38. The van der Waals surface area contributed by atoms with E-state index in [-0.39, 0.29) is 17.4 Å². The van der Waals surface area contributed by atoms with Crippen LogP contribution in [-0.2, 0) is 11.3 Å². The Balaban J connectivity index is 2.23. The van der Waals surface area contributed by atoms with Crippen LogP contribution in [0.25, 0.3) is 0 Å². The van der Waals surface area contributed by atoms with Crippen LogP contribution >= 0.6 is 11.3 Å². The topological polar surface area (TPSA) is 20.3 Å². The molecule has 82 valence electrons. The van der Waals surface area contributed by atoms with Gasteiger partial charge in [0.25, 0.3) is 0 Å². The first-order chi connectivity index (χ1) is 6.91. The van der Waals surface area contributed by atoms with Crippen molar-refractivity contribution in [3.8, 4) is 0 Å². The molecule has 0 saturated carbocycles. The molecule has 1 aromatic rings. The van der Waals surface area contributed by atoms with Gasteiger partial charge in [0.15, 0.2) is 0 Å². The van der Waals surface area contributed by atoms with Gasteiger partial charge in [-0.2, -0.15) is 0 Å². The van der Waals surface area contributed by atoms with Crippen LogP contribution in [0.2, 0.25) is 0 Å². The van der Waals surface area contributed by atoms with Crippen molar-refractivity contribution in [1.82, 2.24) is 4.90 Å². The highest BCUT2D eigenvalue weighted by molar-refractivity contribution is 7.10. The predicted octanol–water partition coefficient (Wildman–Crippen LogP) is 3.20. The lowest BCUT2D eigenvalue weighted by molar-refractivity contribution is -0.141. The van der Waals surface area contributed by atoms with E-state index in [4.69, 9.17) is 0 Å². The van der Waals surface area contributed by atoms with Crippen molar-refractivity contribution in [3.63, 3.8) is 0 Å². The number of carbonyl (C=O) groups is 1. The first kappa shape index (κ1) is 10.7. The molecule has 2 rings (SSSR count). The summed E-state index contributed by atoms with van der Waals surface area (Å²) in [4.78, 5) is 15.5. The van der Waals surface area contributed by atoms with Crippen molar-refractivity contribution < 1.29 is 4.79 Å². The normalized spacial score (nSPS) is 20.5. The standard InChI is InChI=1S/C12H17NOS/c1-8-9-5-6-15-10(9)7-13(8)11(14)12(2,3)4/h5-6,8H,7H2,1-4H3. The maximum absolute atomic E-state index is 12.2. The van der Waals surface area contributed by atoms with Crippen LogP contribution < -0.4 is 0 Å². The minimum absolute atomic E-state index is 0.248. The number of thiophene rings is 1. The lowest BCUT2D eigenvalue weighted by Gasteiger charge is -2.29. The second-order valence-corrected chi connectivity index (χ2v) is 6.16. The SMILES string of the molecule is CC1c2ccsc2CN1C(=O)C(C)(C)C. The molecule has 3 heteroatoms. The zero-order valence-corrected chi connectivity index (χ0v) is 10.5. The van der Waals surface area contributed by atoms with E-state index in [1.54, 1.807) is 11.3 Å². The lowest BCUT2D eigenvalue weighted by atomic mass is 9.94. The maximum atomic E-state index is 12.2. The van der Waals surface area contributed by atoms with E-state index in [0.29, 0.717) is 0 Å². The Morgan fingerprint density at radius 1 is 1.53 bits per heavy atom. The lowest BCUT2D eigenvalue weighted by Crippen LogP contribution is -2.37. The first-order valence-corrected chi connectivity index (χ1v) is 6.16. The largest absolute Gasteiger partial charge is 0.330 e. The van der Waals surface area contributed by atoms with Crippen LogP contribution in [0.5, 0.6) is 0 Å². The zero-order valence-electron chi connectivity index (χ0n) is 9.70. The van der Waals surface area contributed by atoms with E-state index in [9.17, 15) is 4.79 Å². The van der Waals surface area contributed by atoms with Crippen molar-refractivity contribution in [2.45, 2.75) is 40.3 Å². The van der Waals surface area contributed by atoms with E-state index < -0.39 is 0 Å². The fourth-order valence-corrected chi connectivity index (χ4v) is 2.96. The van der Waals surface area contributed by atoms with Gasteiger partial charge in [0.1, 0.15) is 0 Å². The molecule has 0 radical (unpaired) electrons. The molecular weight excluding hydrogens is 206 g/mol. The van der Waals surface area contributed by atoms with E-state index in [1.165, 1.54) is 10.4 Å². The Hall–Kier alpha value is -0.830. The molecular formula is C12H17NOS. The summed E-state index contributed by atoms with van der Waals surface area (Å²) in [6.45, 7) is 8.85. The van der Waals surface area contributed by atoms with Gasteiger partial charge in [-0.05, 0) is 23.9 Å². The molecule has 1 aliphatic heterocycles. The quantitative estimate of drug-likeness (QED) is 0.661. The fourth-order valence-electron chi connectivity index (χ4n) is 1.99. The second-order valence-electron chi connectivity index (χ2n) is 5.16. The third-order valence-corrected chi connectivity index (χ3v) is 3.84. The molecule has 2 heterocycles.